The van der Waals surface area contributed by atoms with E-state index >= 15 is 0 Å². The Kier molecular flexibility index (Phi) is 6.30. The Hall–Kier alpha value is -2.79. The highest BCUT2D eigenvalue weighted by molar-refractivity contribution is 7.86. The van der Waals surface area contributed by atoms with Crippen LogP contribution in [0.15, 0.2) is 17.0 Å². The number of ether oxygens (including phenoxy) is 3. The van der Waals surface area contributed by atoms with Crippen molar-refractivity contribution in [2.75, 3.05) is 0 Å². The molecule has 10 nitrogen and oxygen atoms in total. The summed E-state index contributed by atoms with van der Waals surface area (Å²) >= 11 is 0. The maximum absolute atomic E-state index is 13.8. The first kappa shape index (κ1) is 29.0. The van der Waals surface area contributed by atoms with Gasteiger partial charge < -0.3 is 14.2 Å². The van der Waals surface area contributed by atoms with Crippen LogP contribution in [0.1, 0.15) is 95.6 Å². The number of hydrogen-bond donors (Lipinski definition) is 1. The van der Waals surface area contributed by atoms with Crippen molar-refractivity contribution < 1.29 is 46.4 Å². The van der Waals surface area contributed by atoms with E-state index in [0.717, 1.165) is 19.3 Å². The first-order valence-corrected chi connectivity index (χ1v) is 16.9. The van der Waals surface area contributed by atoms with Gasteiger partial charge in [-0.1, -0.05) is 27.7 Å². The van der Waals surface area contributed by atoms with Crippen molar-refractivity contribution in [2.24, 2.45) is 40.4 Å². The third-order valence-corrected chi connectivity index (χ3v) is 12.4. The molecule has 1 N–H and O–H groups in total. The highest BCUT2D eigenvalue weighted by Gasteiger charge is 2.76. The highest BCUT2D eigenvalue weighted by Crippen LogP contribution is 2.64. The quantitative estimate of drug-likeness (QED) is 0.203. The zero-order valence-corrected chi connectivity index (χ0v) is 25.6. The minimum absolute atomic E-state index is 0.0652. The molecule has 7 aliphatic rings. The monoisotopic (exact) mass is 614 g/mol. The summed E-state index contributed by atoms with van der Waals surface area (Å²) in [7, 11) is -4.55. The first-order valence-electron chi connectivity index (χ1n) is 15.5. The van der Waals surface area contributed by atoms with E-state index in [9.17, 15) is 32.1 Å². The number of fused-ring (bicyclic) bond motifs is 1. The maximum atomic E-state index is 13.8. The summed E-state index contributed by atoms with van der Waals surface area (Å²) in [5.41, 5.74) is -1.55. The normalized spacial score (nSPS) is 38.7. The number of carbonyl (C=O) groups is 4. The molecule has 7 unspecified atom stereocenters. The van der Waals surface area contributed by atoms with Crippen LogP contribution in [0.2, 0.25) is 0 Å². The summed E-state index contributed by atoms with van der Waals surface area (Å²) in [6, 6.07) is 2.86. The largest absolute Gasteiger partial charge is 0.458 e. The van der Waals surface area contributed by atoms with Gasteiger partial charge in [-0.3, -0.25) is 23.7 Å². The smallest absolute Gasteiger partial charge is 0.329 e. The van der Waals surface area contributed by atoms with Gasteiger partial charge in [0.2, 0.25) is 0 Å². The predicted molar refractivity (Wildman–Crippen MR) is 149 cm³/mol. The Morgan fingerprint density at radius 1 is 0.930 bits per heavy atom. The summed E-state index contributed by atoms with van der Waals surface area (Å²) in [4.78, 5) is 53.3. The van der Waals surface area contributed by atoms with Crippen molar-refractivity contribution in [3.8, 4) is 5.75 Å². The molecule has 0 radical (unpaired) electrons. The van der Waals surface area contributed by atoms with Crippen LogP contribution in [0.25, 0.3) is 0 Å². The average Bonchev–Trinajstić information content (AvgIpc) is 3.52. The van der Waals surface area contributed by atoms with Crippen molar-refractivity contribution in [2.45, 2.75) is 102 Å². The summed E-state index contributed by atoms with van der Waals surface area (Å²) < 4.78 is 52.3. The van der Waals surface area contributed by atoms with E-state index in [1.54, 1.807) is 27.7 Å². The molecule has 43 heavy (non-hydrogen) atoms. The van der Waals surface area contributed by atoms with E-state index in [2.05, 4.69) is 0 Å². The van der Waals surface area contributed by atoms with Crippen LogP contribution in [-0.4, -0.2) is 48.9 Å². The van der Waals surface area contributed by atoms with Gasteiger partial charge in [-0.05, 0) is 86.0 Å². The molecule has 0 aromatic heterocycles. The summed E-state index contributed by atoms with van der Waals surface area (Å²) in [5.74, 6) is -2.48. The van der Waals surface area contributed by atoms with Crippen molar-refractivity contribution in [1.82, 2.24) is 0 Å². The molecular formula is C32H38O10S. The molecule has 1 heterocycles. The van der Waals surface area contributed by atoms with Crippen LogP contribution in [-0.2, 0) is 38.8 Å². The van der Waals surface area contributed by atoms with Crippen LogP contribution >= 0.6 is 0 Å². The van der Waals surface area contributed by atoms with Crippen LogP contribution in [0, 0.1) is 40.4 Å². The highest BCUT2D eigenvalue weighted by atomic mass is 32.2. The lowest BCUT2D eigenvalue weighted by Gasteiger charge is -2.54. The van der Waals surface area contributed by atoms with Crippen molar-refractivity contribution >= 4 is 33.8 Å². The van der Waals surface area contributed by atoms with Crippen molar-refractivity contribution in [3.05, 3.63) is 23.3 Å². The summed E-state index contributed by atoms with van der Waals surface area (Å²) in [6.45, 7) is 7.10. The van der Waals surface area contributed by atoms with E-state index in [1.807, 2.05) is 0 Å². The Labute approximate surface area is 251 Å². The lowest BCUT2D eigenvalue weighted by Crippen LogP contribution is -2.56. The van der Waals surface area contributed by atoms with E-state index in [1.165, 1.54) is 12.1 Å². The average molecular weight is 615 g/mol. The van der Waals surface area contributed by atoms with Gasteiger partial charge in [-0.25, -0.2) is 0 Å². The Balaban J connectivity index is 1.12. The molecule has 6 saturated carbocycles. The van der Waals surface area contributed by atoms with E-state index in [0.29, 0.717) is 42.1 Å². The third-order valence-electron chi connectivity index (χ3n) is 11.4. The molecular weight excluding hydrogens is 576 g/mol. The molecule has 232 valence electrons. The topological polar surface area (TPSA) is 150 Å². The standard InChI is InChI=1S/C32H38O10S/c1-14(2)21-8-20(9-22(15(3)4)27(21)43(37,38)39)40-29(35)32-13-19-7-23(32)26(42-30(32)36)25(19)41-28(34)31-10-16-5-17(11-31)24(33)18(6-16)12-31/h8-9,14-19,23,25-26H,5-7,10-13H2,1-4H3,(H,37,38,39). The van der Waals surface area contributed by atoms with Crippen LogP contribution < -0.4 is 4.74 Å². The molecule has 1 aromatic carbocycles. The summed E-state index contributed by atoms with van der Waals surface area (Å²) in [5, 5.41) is 0. The number of Topliss-reactive ketones (excluding diaryl/α,β-unsaturated/α-hetero) is 1. The fraction of sp³-hybridized carbons (Fsp3) is 0.688. The second kappa shape index (κ2) is 9.36. The van der Waals surface area contributed by atoms with Gasteiger partial charge in [0.05, 0.1) is 5.41 Å². The molecule has 6 aliphatic carbocycles. The Morgan fingerprint density at radius 3 is 2.09 bits per heavy atom. The fourth-order valence-corrected chi connectivity index (χ4v) is 10.9. The maximum Gasteiger partial charge on any atom is 0.329 e. The second-order valence-electron chi connectivity index (χ2n) is 14.6. The first-order chi connectivity index (χ1) is 20.1. The fourth-order valence-electron chi connectivity index (χ4n) is 9.74. The van der Waals surface area contributed by atoms with Gasteiger partial charge >= 0.3 is 17.9 Å². The van der Waals surface area contributed by atoms with Crippen LogP contribution in [0.4, 0.5) is 0 Å². The number of ketones is 1. The van der Waals surface area contributed by atoms with Gasteiger partial charge in [0.15, 0.2) is 5.41 Å². The molecule has 0 amide bonds. The molecule has 6 bridgehead atoms. The number of hydrogen-bond acceptors (Lipinski definition) is 9. The van der Waals surface area contributed by atoms with Gasteiger partial charge in [0.1, 0.15) is 28.6 Å². The second-order valence-corrected chi connectivity index (χ2v) is 16.0. The van der Waals surface area contributed by atoms with Gasteiger partial charge in [-0.15, -0.1) is 0 Å². The molecule has 11 heteroatoms. The lowest BCUT2D eigenvalue weighted by molar-refractivity contribution is -0.186. The lowest BCUT2D eigenvalue weighted by atomic mass is 9.49. The SMILES string of the molecule is CC(C)c1cc(OC(=O)C23CC4CC2C(OC3=O)C4OC(=O)C23CC4CC(C2)C(=O)C(C4)C3)cc(C(C)C)c1S(=O)(=O)O. The predicted octanol–water partition coefficient (Wildman–Crippen LogP) is 4.34. The number of rotatable bonds is 7. The Morgan fingerprint density at radius 2 is 1.53 bits per heavy atom. The van der Waals surface area contributed by atoms with Crippen LogP contribution in [0.3, 0.4) is 0 Å². The molecule has 7 fully saturated rings. The van der Waals surface area contributed by atoms with Gasteiger partial charge in [0, 0.05) is 23.7 Å². The molecule has 8 rings (SSSR count). The zero-order valence-electron chi connectivity index (χ0n) is 24.8. The molecule has 0 spiro atoms. The van der Waals surface area contributed by atoms with Gasteiger partial charge in [0.25, 0.3) is 10.1 Å². The van der Waals surface area contributed by atoms with E-state index < -0.39 is 51.0 Å². The molecule has 1 aliphatic heterocycles. The third kappa shape index (κ3) is 4.09. The number of benzene rings is 1. The van der Waals surface area contributed by atoms with Gasteiger partial charge in [-0.2, -0.15) is 8.42 Å². The molecule has 1 aromatic rings. The minimum atomic E-state index is -4.55. The number of carbonyl (C=O) groups excluding carboxylic acids is 4. The zero-order chi connectivity index (χ0) is 30.8. The summed E-state index contributed by atoms with van der Waals surface area (Å²) in [6.07, 6.45) is 2.78. The molecule has 1 saturated heterocycles. The number of esters is 3. The minimum Gasteiger partial charge on any atom is -0.458 e. The Bertz CT molecular complexity index is 1510. The molecule has 7 atom stereocenters. The van der Waals surface area contributed by atoms with E-state index in [-0.39, 0.29) is 52.6 Å². The van der Waals surface area contributed by atoms with Crippen molar-refractivity contribution in [1.29, 1.82) is 0 Å². The van der Waals surface area contributed by atoms with Crippen LogP contribution in [0.5, 0.6) is 5.75 Å². The van der Waals surface area contributed by atoms with Crippen molar-refractivity contribution in [3.63, 3.8) is 0 Å². The van der Waals surface area contributed by atoms with E-state index in [4.69, 9.17) is 14.2 Å².